The summed E-state index contributed by atoms with van der Waals surface area (Å²) in [5.74, 6) is -0.890. The Bertz CT molecular complexity index is 4510. The lowest BCUT2D eigenvalue weighted by Crippen LogP contribution is -2.48. The second kappa shape index (κ2) is 37.8. The van der Waals surface area contributed by atoms with Crippen molar-refractivity contribution in [2.75, 3.05) is 18.1 Å². The number of rotatable bonds is 27. The average Bonchev–Trinajstić information content (AvgIpc) is 0.793. The van der Waals surface area contributed by atoms with Crippen LogP contribution in [0.2, 0.25) is 25.1 Å². The zero-order chi connectivity index (χ0) is 78.0. The van der Waals surface area contributed by atoms with E-state index in [1.807, 2.05) is 0 Å². The van der Waals surface area contributed by atoms with E-state index >= 15 is 0 Å². The highest BCUT2D eigenvalue weighted by Gasteiger charge is 2.46. The molecule has 0 saturated heterocycles. The van der Waals surface area contributed by atoms with E-state index in [2.05, 4.69) is 31.4 Å². The number of Topliss-reactive ketones (excluding diaryl/α,β-unsaturated/α-hetero) is 2. The zero-order valence-corrected chi connectivity index (χ0v) is 67.0. The SMILES string of the molecule is CC(C)(C(=O)CCCSCc1c(F)cccc1Cl)S(=O)(=O)c1ccc(Cl)cc1.CC(C)(C(=O)NCCc1cccc(C(F)(F)F)c1)S(=O)(=O)c1ccc(Cl)cc1.CC(C)(C(=O)NCc1ccc(F)cc1)S(=O)(=O)c1ccc(Cl)cc1.CC(C)(C)SCCCC(=O)C(C)(C)S(=O)(=O)c1ccc(Cl)cc1. The molecular formula is C73H82Cl5F5N2O12S6. The van der Waals surface area contributed by atoms with Gasteiger partial charge < -0.3 is 10.6 Å². The van der Waals surface area contributed by atoms with E-state index in [1.54, 1.807) is 23.9 Å². The van der Waals surface area contributed by atoms with E-state index in [4.69, 9.17) is 58.0 Å². The highest BCUT2D eigenvalue weighted by molar-refractivity contribution is 8.00. The molecule has 7 rings (SSSR count). The molecule has 7 aromatic rings. The smallest absolute Gasteiger partial charge is 0.354 e. The molecule has 14 nitrogen and oxygen atoms in total. The molecule has 0 atom stereocenters. The molecule has 0 aliphatic rings. The number of ketones is 2. The molecule has 7 aromatic carbocycles. The lowest BCUT2D eigenvalue weighted by Gasteiger charge is -2.24. The standard InChI is InChI=1S/C20H21Cl2FO3S2.C19H19ClF3NO3S.C17H17ClFNO3S.C17H25ClO3S2/c1-20(2,28(25,26)15-10-8-14(21)9-11-15)19(24)7-4-12-27-13-16-17(22)5-3-6-18(16)23;1-18(2,28(26,27)16-8-6-15(20)7-9-16)17(25)24-11-10-13-4-3-5-14(12-13)19(21,22)23;1-17(2,24(22,23)15-9-5-13(18)6-10-15)16(21)20-11-12-3-7-14(19)8-4-12;1-16(2,3)22-12-6-7-15(19)17(4,5)23(20,21)14-10-8-13(18)9-11-14/h3,5-6,8-11H,4,7,12-13H2,1-2H3;3-9,12H,10-11H2,1-2H3,(H,24,25);3-10H,11H2,1-2H3,(H,20,21);8-11H,6-7,12H2,1-5H3. The van der Waals surface area contributed by atoms with Crippen LogP contribution in [0.5, 0.6) is 0 Å². The number of carbonyl (C=O) groups excluding carboxylic acids is 4. The third-order valence-electron chi connectivity index (χ3n) is 16.0. The number of nitrogens with one attached hydrogen (secondary N) is 2. The van der Waals surface area contributed by atoms with Gasteiger partial charge in [-0.3, -0.25) is 19.2 Å². The van der Waals surface area contributed by atoms with E-state index in [0.717, 1.165) is 17.9 Å². The van der Waals surface area contributed by atoms with Gasteiger partial charge >= 0.3 is 6.18 Å². The number of sulfone groups is 4. The summed E-state index contributed by atoms with van der Waals surface area (Å²) in [6.45, 7) is 17.5. The molecule has 0 fully saturated rings. The fraction of sp³-hybridized carbons (Fsp3) is 0.370. The van der Waals surface area contributed by atoms with Gasteiger partial charge in [-0.15, -0.1) is 0 Å². The van der Waals surface area contributed by atoms with Crippen molar-refractivity contribution < 1.29 is 74.8 Å². The molecule has 0 bridgehead atoms. The molecule has 0 aliphatic carbocycles. The summed E-state index contributed by atoms with van der Waals surface area (Å²) < 4.78 is 161. The van der Waals surface area contributed by atoms with Crippen LogP contribution in [0.25, 0.3) is 0 Å². The van der Waals surface area contributed by atoms with Gasteiger partial charge in [0.1, 0.15) is 30.6 Å². The Morgan fingerprint density at radius 3 is 1.18 bits per heavy atom. The van der Waals surface area contributed by atoms with Crippen molar-refractivity contribution in [1.82, 2.24) is 10.6 Å². The van der Waals surface area contributed by atoms with Gasteiger partial charge in [0.15, 0.2) is 50.9 Å². The van der Waals surface area contributed by atoms with Crippen LogP contribution in [0.3, 0.4) is 0 Å². The summed E-state index contributed by atoms with van der Waals surface area (Å²) in [4.78, 5) is 50.1. The number of halogens is 10. The first-order valence-corrected chi connectivity index (χ1v) is 41.6. The maximum absolute atomic E-state index is 13.7. The first-order valence-electron chi connectivity index (χ1n) is 31.6. The maximum Gasteiger partial charge on any atom is 0.416 e. The Balaban J connectivity index is 0.000000292. The molecule has 2 N–H and O–H groups in total. The molecule has 0 spiro atoms. The first-order chi connectivity index (χ1) is 47.4. The molecule has 562 valence electrons. The van der Waals surface area contributed by atoms with Crippen molar-refractivity contribution in [3.63, 3.8) is 0 Å². The summed E-state index contributed by atoms with van der Waals surface area (Å²) in [7, 11) is -15.5. The number of carbonyl (C=O) groups is 4. The second-order valence-electron chi connectivity index (χ2n) is 26.2. The van der Waals surface area contributed by atoms with Crippen molar-refractivity contribution in [1.29, 1.82) is 0 Å². The van der Waals surface area contributed by atoms with Crippen molar-refractivity contribution in [3.05, 3.63) is 223 Å². The molecule has 0 unspecified atom stereocenters. The van der Waals surface area contributed by atoms with Crippen molar-refractivity contribution in [2.45, 2.75) is 170 Å². The summed E-state index contributed by atoms with van der Waals surface area (Å²) in [6.07, 6.45) is -2.75. The van der Waals surface area contributed by atoms with Gasteiger partial charge in [0.05, 0.1) is 25.1 Å². The highest BCUT2D eigenvalue weighted by Crippen LogP contribution is 2.35. The van der Waals surface area contributed by atoms with Crippen LogP contribution in [-0.2, 0) is 83.4 Å². The third kappa shape index (κ3) is 25.0. The molecule has 0 aliphatic heterocycles. The van der Waals surface area contributed by atoms with Crippen molar-refractivity contribution >= 4 is 144 Å². The van der Waals surface area contributed by atoms with E-state index in [1.165, 1.54) is 207 Å². The fourth-order valence-corrected chi connectivity index (χ4v) is 17.5. The summed E-state index contributed by atoms with van der Waals surface area (Å²) >= 11 is 32.3. The van der Waals surface area contributed by atoms with Gasteiger partial charge in [-0.2, -0.15) is 36.7 Å². The van der Waals surface area contributed by atoms with E-state index < -0.39 is 81.9 Å². The van der Waals surface area contributed by atoms with E-state index in [-0.39, 0.29) is 79.9 Å². The first kappa shape index (κ1) is 89.8. The normalized spacial score (nSPS) is 12.5. The molecule has 0 radical (unpaired) electrons. The van der Waals surface area contributed by atoms with Gasteiger partial charge in [0.25, 0.3) is 0 Å². The van der Waals surface area contributed by atoms with Crippen LogP contribution in [-0.4, -0.2) is 98.8 Å². The van der Waals surface area contributed by atoms with E-state index in [0.29, 0.717) is 66.2 Å². The Kier molecular flexibility index (Phi) is 33.0. The van der Waals surface area contributed by atoms with Crippen LogP contribution >= 0.6 is 81.5 Å². The van der Waals surface area contributed by atoms with Crippen LogP contribution in [0.4, 0.5) is 22.0 Å². The van der Waals surface area contributed by atoms with Gasteiger partial charge in [-0.05, 0) is 225 Å². The number of amides is 2. The molecule has 0 saturated carbocycles. The minimum Gasteiger partial charge on any atom is -0.354 e. The number of thioether (sulfide) groups is 2. The Labute approximate surface area is 635 Å². The highest BCUT2D eigenvalue weighted by atomic mass is 35.5. The quantitative estimate of drug-likeness (QED) is 0.0361. The molecule has 0 aromatic heterocycles. The van der Waals surface area contributed by atoms with Crippen molar-refractivity contribution in [3.8, 4) is 0 Å². The Morgan fingerprint density at radius 1 is 0.437 bits per heavy atom. The number of benzene rings is 7. The molecular weight excluding hydrogens is 1560 g/mol. The predicted octanol–water partition coefficient (Wildman–Crippen LogP) is 18.4. The minimum atomic E-state index is -4.45. The molecule has 0 heterocycles. The average molecular weight is 1640 g/mol. The maximum atomic E-state index is 13.7. The van der Waals surface area contributed by atoms with Crippen LogP contribution in [0, 0.1) is 11.6 Å². The summed E-state index contributed by atoms with van der Waals surface area (Å²) in [5.41, 5.74) is 0.714. The van der Waals surface area contributed by atoms with Gasteiger partial charge in [0.2, 0.25) is 11.8 Å². The van der Waals surface area contributed by atoms with Crippen LogP contribution in [0.15, 0.2) is 183 Å². The number of hydrogen-bond donors (Lipinski definition) is 2. The monoisotopic (exact) mass is 1640 g/mol. The Morgan fingerprint density at radius 2 is 0.806 bits per heavy atom. The molecule has 30 heteroatoms. The Hall–Kier alpha value is -5.58. The third-order valence-corrected chi connectivity index (χ3v) is 29.6. The zero-order valence-electron chi connectivity index (χ0n) is 58.3. The number of alkyl halides is 3. The second-order valence-corrected chi connectivity index (χ2v) is 41.3. The largest absolute Gasteiger partial charge is 0.416 e. The summed E-state index contributed by atoms with van der Waals surface area (Å²) in [6, 6.07) is 37.7. The summed E-state index contributed by atoms with van der Waals surface area (Å²) in [5, 5.41) is 7.11. The minimum absolute atomic E-state index is 0.000286. The predicted molar refractivity (Wildman–Crippen MR) is 406 cm³/mol. The number of hydrogen-bond acceptors (Lipinski definition) is 14. The van der Waals surface area contributed by atoms with Gasteiger partial charge in [0, 0.05) is 67.1 Å². The fourth-order valence-electron chi connectivity index (χ4n) is 9.00. The van der Waals surface area contributed by atoms with Gasteiger partial charge in [-0.25, -0.2) is 42.5 Å². The molecule has 2 amide bonds. The lowest BCUT2D eigenvalue weighted by molar-refractivity contribution is -0.137. The lowest BCUT2D eigenvalue weighted by atomic mass is 10.0. The topological polar surface area (TPSA) is 229 Å². The van der Waals surface area contributed by atoms with Crippen LogP contribution < -0.4 is 10.6 Å². The van der Waals surface area contributed by atoms with Gasteiger partial charge in [-0.1, -0.05) is 115 Å². The van der Waals surface area contributed by atoms with E-state index in [9.17, 15) is 74.8 Å². The molecule has 103 heavy (non-hydrogen) atoms. The van der Waals surface area contributed by atoms with Crippen molar-refractivity contribution in [2.24, 2.45) is 0 Å². The van der Waals surface area contributed by atoms with Crippen LogP contribution in [0.1, 0.15) is 124 Å².